The number of anilines is 1. The average Bonchev–Trinajstić information content (AvgIpc) is 3.57. The first-order chi connectivity index (χ1) is 16.1. The molecule has 3 heterocycles. The Kier molecular flexibility index (Phi) is 5.57. The van der Waals surface area contributed by atoms with Crippen LogP contribution >= 0.6 is 0 Å². The lowest BCUT2D eigenvalue weighted by Gasteiger charge is -2.26. The van der Waals surface area contributed by atoms with Crippen molar-refractivity contribution in [1.82, 2.24) is 18.9 Å². The third-order valence-corrected chi connectivity index (χ3v) is 7.66. The summed E-state index contributed by atoms with van der Waals surface area (Å²) >= 11 is 0. The molecule has 5 rings (SSSR count). The highest BCUT2D eigenvalue weighted by Crippen LogP contribution is 2.41. The molecule has 1 saturated heterocycles. The molecule has 0 atom stereocenters. The van der Waals surface area contributed by atoms with Crippen LogP contribution in [0.5, 0.6) is 0 Å². The average molecular weight is 495 g/mol. The summed E-state index contributed by atoms with van der Waals surface area (Å²) in [6.07, 6.45) is -2.13. The first-order valence-electron chi connectivity index (χ1n) is 10.6. The smallest absolute Gasteiger partial charge is 0.379 e. The summed E-state index contributed by atoms with van der Waals surface area (Å²) in [5.74, 6) is -0.759. The number of amides is 1. The number of nitrogens with one attached hydrogen (secondary N) is 1. The van der Waals surface area contributed by atoms with Gasteiger partial charge in [-0.3, -0.25) is 4.79 Å². The minimum Gasteiger partial charge on any atom is -0.379 e. The number of aromatic nitrogens is 3. The van der Waals surface area contributed by atoms with Gasteiger partial charge in [-0.15, -0.1) is 0 Å². The van der Waals surface area contributed by atoms with E-state index in [9.17, 15) is 26.4 Å². The molecule has 1 aliphatic carbocycles. The Balaban J connectivity index is 1.40. The molecule has 1 amide bonds. The van der Waals surface area contributed by atoms with E-state index in [1.165, 1.54) is 28.6 Å². The SMILES string of the molecule is O=C(Nc1ccc(S(=O)(=O)N2CCOCC2)cc1)c1cnn2c(C(F)(F)F)cc(C3CC3)nc12. The van der Waals surface area contributed by atoms with Gasteiger partial charge in [0, 0.05) is 30.4 Å². The predicted molar refractivity (Wildman–Crippen MR) is 114 cm³/mol. The lowest BCUT2D eigenvalue weighted by atomic mass is 10.2. The summed E-state index contributed by atoms with van der Waals surface area (Å²) in [6.45, 7) is 1.15. The van der Waals surface area contributed by atoms with Gasteiger partial charge in [-0.2, -0.15) is 22.6 Å². The normalized spacial score (nSPS) is 17.7. The second-order valence-electron chi connectivity index (χ2n) is 8.13. The van der Waals surface area contributed by atoms with Gasteiger partial charge >= 0.3 is 6.18 Å². The maximum Gasteiger partial charge on any atom is 0.433 e. The highest BCUT2D eigenvalue weighted by molar-refractivity contribution is 7.89. The van der Waals surface area contributed by atoms with E-state index in [1.807, 2.05) is 0 Å². The van der Waals surface area contributed by atoms with Crippen LogP contribution in [-0.4, -0.2) is 59.5 Å². The summed E-state index contributed by atoms with van der Waals surface area (Å²) in [7, 11) is -3.69. The quantitative estimate of drug-likeness (QED) is 0.584. The van der Waals surface area contributed by atoms with Crippen molar-refractivity contribution in [2.45, 2.75) is 29.8 Å². The van der Waals surface area contributed by atoms with Crippen molar-refractivity contribution in [3.63, 3.8) is 0 Å². The van der Waals surface area contributed by atoms with Gasteiger partial charge in [0.2, 0.25) is 10.0 Å². The number of halogens is 3. The monoisotopic (exact) mass is 495 g/mol. The van der Waals surface area contributed by atoms with Crippen molar-refractivity contribution in [3.8, 4) is 0 Å². The standard InChI is InChI=1S/C21H20F3N5O4S/c22-21(23,24)18-11-17(13-1-2-13)27-19-16(12-25-29(18)19)20(30)26-14-3-5-15(6-4-14)34(31,32)28-7-9-33-10-8-28/h3-6,11-13H,1-2,7-10H2,(H,26,30). The number of morpholine rings is 1. The molecule has 0 radical (unpaired) electrons. The van der Waals surface area contributed by atoms with Gasteiger partial charge in [-0.25, -0.2) is 17.9 Å². The molecule has 34 heavy (non-hydrogen) atoms. The summed E-state index contributed by atoms with van der Waals surface area (Å²) < 4.78 is 73.3. The Morgan fingerprint density at radius 1 is 1.12 bits per heavy atom. The molecule has 1 saturated carbocycles. The highest BCUT2D eigenvalue weighted by atomic mass is 32.2. The Morgan fingerprint density at radius 2 is 1.79 bits per heavy atom. The molecular weight excluding hydrogens is 475 g/mol. The number of alkyl halides is 3. The van der Waals surface area contributed by atoms with Crippen molar-refractivity contribution < 1.29 is 31.1 Å². The highest BCUT2D eigenvalue weighted by Gasteiger charge is 2.38. The van der Waals surface area contributed by atoms with Gasteiger partial charge in [0.1, 0.15) is 11.3 Å². The Bertz CT molecular complexity index is 1350. The molecule has 180 valence electrons. The van der Waals surface area contributed by atoms with Gasteiger partial charge < -0.3 is 10.1 Å². The first-order valence-corrected chi connectivity index (χ1v) is 12.0. The van der Waals surface area contributed by atoms with Crippen LogP contribution in [0.25, 0.3) is 5.65 Å². The van der Waals surface area contributed by atoms with E-state index in [0.29, 0.717) is 17.7 Å². The van der Waals surface area contributed by atoms with E-state index >= 15 is 0 Å². The topological polar surface area (TPSA) is 106 Å². The van der Waals surface area contributed by atoms with E-state index in [1.54, 1.807) is 0 Å². The zero-order valence-corrected chi connectivity index (χ0v) is 18.6. The summed E-state index contributed by atoms with van der Waals surface area (Å²) in [4.78, 5) is 17.2. The molecule has 2 aliphatic rings. The fraction of sp³-hybridized carbons (Fsp3) is 0.381. The van der Waals surface area contributed by atoms with Gasteiger partial charge in [-0.1, -0.05) is 0 Å². The molecule has 1 aliphatic heterocycles. The molecule has 2 aromatic heterocycles. The number of sulfonamides is 1. The van der Waals surface area contributed by atoms with E-state index in [2.05, 4.69) is 15.4 Å². The van der Waals surface area contributed by atoms with E-state index < -0.39 is 27.8 Å². The molecule has 0 bridgehead atoms. The maximum atomic E-state index is 13.6. The van der Waals surface area contributed by atoms with Crippen LogP contribution in [0.3, 0.4) is 0 Å². The Morgan fingerprint density at radius 3 is 2.41 bits per heavy atom. The molecule has 13 heteroatoms. The summed E-state index contributed by atoms with van der Waals surface area (Å²) in [5.41, 5.74) is -0.721. The molecule has 1 N–H and O–H groups in total. The lowest BCUT2D eigenvalue weighted by molar-refractivity contribution is -0.142. The van der Waals surface area contributed by atoms with Gasteiger partial charge in [-0.05, 0) is 43.2 Å². The van der Waals surface area contributed by atoms with E-state index in [0.717, 1.165) is 25.1 Å². The van der Waals surface area contributed by atoms with Crippen LogP contribution in [0.2, 0.25) is 0 Å². The van der Waals surface area contributed by atoms with E-state index in [4.69, 9.17) is 4.74 Å². The van der Waals surface area contributed by atoms with Crippen LogP contribution in [0, 0.1) is 0 Å². The lowest BCUT2D eigenvalue weighted by Crippen LogP contribution is -2.40. The summed E-state index contributed by atoms with van der Waals surface area (Å²) in [6, 6.07) is 6.54. The second-order valence-corrected chi connectivity index (χ2v) is 10.1. The van der Waals surface area contributed by atoms with Crippen molar-refractivity contribution in [2.75, 3.05) is 31.6 Å². The number of fused-ring (bicyclic) bond motifs is 1. The third kappa shape index (κ3) is 4.26. The molecule has 9 nitrogen and oxygen atoms in total. The molecule has 1 aromatic carbocycles. The third-order valence-electron chi connectivity index (χ3n) is 5.74. The number of rotatable bonds is 5. The van der Waals surface area contributed by atoms with Crippen LogP contribution < -0.4 is 5.32 Å². The summed E-state index contributed by atoms with van der Waals surface area (Å²) in [5, 5.41) is 6.32. The van der Waals surface area contributed by atoms with Crippen LogP contribution in [0.1, 0.15) is 40.5 Å². The zero-order chi connectivity index (χ0) is 24.1. The van der Waals surface area contributed by atoms with E-state index in [-0.39, 0.29) is 46.5 Å². The van der Waals surface area contributed by atoms with Crippen molar-refractivity contribution in [1.29, 1.82) is 0 Å². The van der Waals surface area contributed by atoms with Gasteiger partial charge in [0.15, 0.2) is 5.65 Å². The van der Waals surface area contributed by atoms with Crippen LogP contribution in [-0.2, 0) is 20.9 Å². The number of nitrogens with zero attached hydrogens (tertiary/aromatic N) is 4. The Hall–Kier alpha value is -3.03. The largest absolute Gasteiger partial charge is 0.433 e. The van der Waals surface area contributed by atoms with Crippen LogP contribution in [0.4, 0.5) is 18.9 Å². The minimum atomic E-state index is -4.66. The molecule has 0 unspecified atom stereocenters. The fourth-order valence-electron chi connectivity index (χ4n) is 3.78. The molecule has 3 aromatic rings. The zero-order valence-electron chi connectivity index (χ0n) is 17.7. The number of carbonyl (C=O) groups is 1. The minimum absolute atomic E-state index is 0.0575. The molecule has 0 spiro atoms. The number of benzene rings is 1. The van der Waals surface area contributed by atoms with Gasteiger partial charge in [0.25, 0.3) is 5.91 Å². The number of carbonyl (C=O) groups excluding carboxylic acids is 1. The molecule has 2 fully saturated rings. The van der Waals surface area contributed by atoms with Gasteiger partial charge in [0.05, 0.1) is 24.3 Å². The molecular formula is C21H20F3N5O4S. The first kappa shape index (κ1) is 22.7. The number of hydrogen-bond acceptors (Lipinski definition) is 6. The number of ether oxygens (including phenoxy) is 1. The van der Waals surface area contributed by atoms with Crippen molar-refractivity contribution in [2.24, 2.45) is 0 Å². The van der Waals surface area contributed by atoms with Crippen molar-refractivity contribution >= 4 is 27.3 Å². The number of hydrogen-bond donors (Lipinski definition) is 1. The fourth-order valence-corrected chi connectivity index (χ4v) is 5.18. The maximum absolute atomic E-state index is 13.6. The van der Waals surface area contributed by atoms with Crippen molar-refractivity contribution in [3.05, 3.63) is 53.5 Å². The second kappa shape index (κ2) is 8.32. The predicted octanol–water partition coefficient (Wildman–Crippen LogP) is 2.90. The van der Waals surface area contributed by atoms with Crippen LogP contribution in [0.15, 0.2) is 41.4 Å². The Labute approximate surface area is 192 Å².